The number of benzene rings is 2. The summed E-state index contributed by atoms with van der Waals surface area (Å²) >= 11 is 0. The summed E-state index contributed by atoms with van der Waals surface area (Å²) < 4.78 is 50.4. The molecule has 4 nitrogen and oxygen atoms in total. The molecule has 0 saturated heterocycles. The minimum atomic E-state index is -4.40. The molecule has 0 saturated carbocycles. The summed E-state index contributed by atoms with van der Waals surface area (Å²) in [4.78, 5) is 6.65. The molecule has 0 atom stereocenters. The largest absolute Gasteiger partial charge is 0.492 e. The van der Waals surface area contributed by atoms with E-state index in [1.165, 1.54) is 6.07 Å². The second kappa shape index (κ2) is 7.31. The Bertz CT molecular complexity index is 982. The van der Waals surface area contributed by atoms with Gasteiger partial charge in [0.15, 0.2) is 0 Å². The van der Waals surface area contributed by atoms with Crippen molar-refractivity contribution < 1.29 is 22.3 Å². The number of aryl methyl sites for hydroxylation is 1. The van der Waals surface area contributed by atoms with Crippen LogP contribution in [0.1, 0.15) is 22.6 Å². The van der Waals surface area contributed by atoms with Crippen LogP contribution in [0, 0.1) is 6.92 Å². The topological polar surface area (TPSA) is 38.5 Å². The molecule has 1 aliphatic heterocycles. The Balaban J connectivity index is 1.56. The lowest BCUT2D eigenvalue weighted by Crippen LogP contribution is -2.25. The van der Waals surface area contributed by atoms with Crippen molar-refractivity contribution in [3.05, 3.63) is 71.1 Å². The number of fused-ring (bicyclic) bond motifs is 1. The molecule has 146 valence electrons. The van der Waals surface area contributed by atoms with Crippen molar-refractivity contribution in [2.75, 3.05) is 13.2 Å². The smallest absolute Gasteiger partial charge is 0.416 e. The van der Waals surface area contributed by atoms with Crippen LogP contribution in [0.5, 0.6) is 5.75 Å². The molecule has 1 aliphatic rings. The number of hydrogen-bond acceptors (Lipinski definition) is 4. The van der Waals surface area contributed by atoms with Crippen LogP contribution in [-0.4, -0.2) is 23.0 Å². The van der Waals surface area contributed by atoms with E-state index in [0.717, 1.165) is 30.0 Å². The highest BCUT2D eigenvalue weighted by Crippen LogP contribution is 2.32. The van der Waals surface area contributed by atoms with Crippen LogP contribution in [0.4, 0.5) is 13.2 Å². The lowest BCUT2D eigenvalue weighted by Gasteiger charge is -2.17. The maximum absolute atomic E-state index is 13.0. The van der Waals surface area contributed by atoms with Crippen molar-refractivity contribution in [2.45, 2.75) is 26.2 Å². The highest BCUT2D eigenvalue weighted by Gasteiger charge is 2.31. The fourth-order valence-corrected chi connectivity index (χ4v) is 3.25. The summed E-state index contributed by atoms with van der Waals surface area (Å²) in [6.45, 7) is 4.31. The average molecular weight is 388 g/mol. The van der Waals surface area contributed by atoms with Gasteiger partial charge in [-0.05, 0) is 31.2 Å². The molecule has 1 aromatic heterocycles. The van der Waals surface area contributed by atoms with Crippen LogP contribution in [0.25, 0.3) is 11.5 Å². The summed E-state index contributed by atoms with van der Waals surface area (Å²) in [6, 6.07) is 12.9. The fraction of sp³-hybridized carbons (Fsp3) is 0.286. The second-order valence-corrected chi connectivity index (χ2v) is 6.77. The molecule has 0 bridgehead atoms. The molecule has 0 spiro atoms. The molecular weight excluding hydrogens is 369 g/mol. The Morgan fingerprint density at radius 3 is 2.75 bits per heavy atom. The fourth-order valence-electron chi connectivity index (χ4n) is 3.25. The van der Waals surface area contributed by atoms with Gasteiger partial charge in [-0.1, -0.05) is 24.3 Å². The van der Waals surface area contributed by atoms with Crippen molar-refractivity contribution in [3.8, 4) is 17.2 Å². The Morgan fingerprint density at radius 2 is 1.93 bits per heavy atom. The zero-order valence-corrected chi connectivity index (χ0v) is 15.3. The first-order chi connectivity index (χ1) is 13.4. The number of aromatic nitrogens is 1. The normalized spacial score (nSPS) is 15.0. The molecule has 0 unspecified atom stereocenters. The van der Waals surface area contributed by atoms with Gasteiger partial charge in [0.2, 0.25) is 5.89 Å². The number of nitrogens with zero attached hydrogens (tertiary/aromatic N) is 2. The van der Waals surface area contributed by atoms with Crippen LogP contribution in [0.2, 0.25) is 0 Å². The standard InChI is InChI=1S/C21H19F3N2O2/c1-14-18(13-26-9-10-27-19-8-3-2-5-16(19)12-26)25-20(28-14)15-6-4-7-17(11-15)21(22,23)24/h2-8,11H,9-10,12-13H2,1H3. The van der Waals surface area contributed by atoms with E-state index in [-0.39, 0.29) is 5.89 Å². The Labute approximate surface area is 160 Å². The van der Waals surface area contributed by atoms with Crippen molar-refractivity contribution in [1.82, 2.24) is 9.88 Å². The molecule has 0 N–H and O–H groups in total. The lowest BCUT2D eigenvalue weighted by atomic mass is 10.1. The number of ether oxygens (including phenoxy) is 1. The summed E-state index contributed by atoms with van der Waals surface area (Å²) in [6.07, 6.45) is -4.40. The molecule has 2 aromatic carbocycles. The second-order valence-electron chi connectivity index (χ2n) is 6.77. The number of rotatable bonds is 3. The number of alkyl halides is 3. The molecular formula is C21H19F3N2O2. The maximum atomic E-state index is 13.0. The SMILES string of the molecule is Cc1oc(-c2cccc(C(F)(F)F)c2)nc1CN1CCOc2ccccc2C1. The zero-order chi connectivity index (χ0) is 19.7. The van der Waals surface area contributed by atoms with E-state index >= 15 is 0 Å². The van der Waals surface area contributed by atoms with E-state index < -0.39 is 11.7 Å². The zero-order valence-electron chi connectivity index (χ0n) is 15.3. The van der Waals surface area contributed by atoms with Gasteiger partial charge in [-0.25, -0.2) is 4.98 Å². The summed E-state index contributed by atoms with van der Waals surface area (Å²) in [5.41, 5.74) is 1.41. The minimum Gasteiger partial charge on any atom is -0.492 e. The Morgan fingerprint density at radius 1 is 1.11 bits per heavy atom. The van der Waals surface area contributed by atoms with Crippen LogP contribution in [0.15, 0.2) is 52.9 Å². The van der Waals surface area contributed by atoms with E-state index in [4.69, 9.17) is 9.15 Å². The molecule has 28 heavy (non-hydrogen) atoms. The van der Waals surface area contributed by atoms with Gasteiger partial charge in [-0.2, -0.15) is 13.2 Å². The molecule has 4 rings (SSSR count). The van der Waals surface area contributed by atoms with Gasteiger partial charge in [0, 0.05) is 30.8 Å². The van der Waals surface area contributed by atoms with Crippen LogP contribution in [0.3, 0.4) is 0 Å². The van der Waals surface area contributed by atoms with E-state index in [2.05, 4.69) is 9.88 Å². The molecule has 2 heterocycles. The molecule has 0 aliphatic carbocycles. The number of halogens is 3. The van der Waals surface area contributed by atoms with Gasteiger partial charge in [0.05, 0.1) is 11.3 Å². The number of para-hydroxylation sites is 1. The van der Waals surface area contributed by atoms with Crippen LogP contribution >= 0.6 is 0 Å². The first kappa shape index (κ1) is 18.6. The van der Waals surface area contributed by atoms with Crippen LogP contribution < -0.4 is 4.74 Å². The Kier molecular flexibility index (Phi) is 4.85. The van der Waals surface area contributed by atoms with Gasteiger partial charge in [-0.3, -0.25) is 4.90 Å². The van der Waals surface area contributed by atoms with Gasteiger partial charge in [0.1, 0.15) is 18.1 Å². The third-order valence-electron chi connectivity index (χ3n) is 4.73. The van der Waals surface area contributed by atoms with E-state index in [1.54, 1.807) is 13.0 Å². The van der Waals surface area contributed by atoms with E-state index in [0.29, 0.717) is 36.7 Å². The number of hydrogen-bond donors (Lipinski definition) is 0. The van der Waals surface area contributed by atoms with E-state index in [9.17, 15) is 13.2 Å². The molecule has 7 heteroatoms. The van der Waals surface area contributed by atoms with Gasteiger partial charge >= 0.3 is 6.18 Å². The van der Waals surface area contributed by atoms with Crippen molar-refractivity contribution in [1.29, 1.82) is 0 Å². The number of oxazole rings is 1. The highest BCUT2D eigenvalue weighted by molar-refractivity contribution is 5.55. The van der Waals surface area contributed by atoms with Crippen molar-refractivity contribution in [3.63, 3.8) is 0 Å². The van der Waals surface area contributed by atoms with Crippen molar-refractivity contribution in [2.24, 2.45) is 0 Å². The predicted molar refractivity (Wildman–Crippen MR) is 97.7 cm³/mol. The average Bonchev–Trinajstić information content (AvgIpc) is 2.90. The molecule has 3 aromatic rings. The van der Waals surface area contributed by atoms with Crippen molar-refractivity contribution >= 4 is 0 Å². The molecule has 0 amide bonds. The highest BCUT2D eigenvalue weighted by atomic mass is 19.4. The quantitative estimate of drug-likeness (QED) is 0.628. The van der Waals surface area contributed by atoms with Gasteiger partial charge < -0.3 is 9.15 Å². The minimum absolute atomic E-state index is 0.199. The lowest BCUT2D eigenvalue weighted by molar-refractivity contribution is -0.137. The molecule has 0 fully saturated rings. The summed E-state index contributed by atoms with van der Waals surface area (Å²) in [5.74, 6) is 1.68. The Hall–Kier alpha value is -2.80. The van der Waals surface area contributed by atoms with Crippen LogP contribution in [-0.2, 0) is 19.3 Å². The van der Waals surface area contributed by atoms with Gasteiger partial charge in [0.25, 0.3) is 0 Å². The monoisotopic (exact) mass is 388 g/mol. The molecule has 0 radical (unpaired) electrons. The predicted octanol–water partition coefficient (Wildman–Crippen LogP) is 5.06. The summed E-state index contributed by atoms with van der Waals surface area (Å²) in [5, 5.41) is 0. The third-order valence-corrected chi connectivity index (χ3v) is 4.73. The third kappa shape index (κ3) is 3.89. The maximum Gasteiger partial charge on any atom is 0.416 e. The first-order valence-corrected chi connectivity index (χ1v) is 8.97. The first-order valence-electron chi connectivity index (χ1n) is 8.97. The van der Waals surface area contributed by atoms with Gasteiger partial charge in [-0.15, -0.1) is 0 Å². The summed E-state index contributed by atoms with van der Waals surface area (Å²) in [7, 11) is 0. The van der Waals surface area contributed by atoms with E-state index in [1.807, 2.05) is 24.3 Å².